The Morgan fingerprint density at radius 3 is 2.52 bits per heavy atom. The molecule has 2 aliphatic rings. The van der Waals surface area contributed by atoms with E-state index >= 15 is 0 Å². The quantitative estimate of drug-likeness (QED) is 0.630. The molecule has 4 atom stereocenters. The second-order valence-electron chi connectivity index (χ2n) is 7.66. The summed E-state index contributed by atoms with van der Waals surface area (Å²) < 4.78 is 55.1. The molecule has 4 rings (SSSR count). The van der Waals surface area contributed by atoms with Crippen molar-refractivity contribution >= 4 is 17.8 Å². The lowest BCUT2D eigenvalue weighted by Gasteiger charge is -2.18. The van der Waals surface area contributed by atoms with Crippen molar-refractivity contribution in [1.29, 1.82) is 0 Å². The lowest BCUT2D eigenvalue weighted by molar-refractivity contribution is -0.137. The number of rotatable bonds is 5. The van der Waals surface area contributed by atoms with Crippen molar-refractivity contribution < 1.29 is 37.0 Å². The molecular weight excluding hydrogens is 443 g/mol. The van der Waals surface area contributed by atoms with Crippen molar-refractivity contribution in [2.75, 3.05) is 18.5 Å². The molecule has 2 fully saturated rings. The summed E-state index contributed by atoms with van der Waals surface area (Å²) in [5, 5.41) is 7.83. The van der Waals surface area contributed by atoms with Gasteiger partial charge in [-0.1, -0.05) is 36.4 Å². The van der Waals surface area contributed by atoms with Crippen LogP contribution >= 0.6 is 0 Å². The fraction of sp³-hybridized carbons (Fsp3) is 0.364. The van der Waals surface area contributed by atoms with Gasteiger partial charge in [-0.15, -0.1) is 0 Å². The van der Waals surface area contributed by atoms with Gasteiger partial charge in [-0.3, -0.25) is 5.32 Å². The fourth-order valence-electron chi connectivity index (χ4n) is 3.74. The number of urea groups is 1. The molecule has 0 unspecified atom stereocenters. The number of ether oxygens (including phenoxy) is 3. The van der Waals surface area contributed by atoms with Gasteiger partial charge in [0.2, 0.25) is 0 Å². The van der Waals surface area contributed by atoms with Gasteiger partial charge in [-0.25, -0.2) is 9.59 Å². The third-order valence-electron chi connectivity index (χ3n) is 5.32. The molecule has 0 aromatic heterocycles. The smallest absolute Gasteiger partial charge is 0.416 e. The van der Waals surface area contributed by atoms with E-state index in [9.17, 15) is 22.8 Å². The Bertz CT molecular complexity index is 989. The number of hydrogen-bond donors (Lipinski definition) is 3. The number of carbonyl (C=O) groups is 2. The van der Waals surface area contributed by atoms with Crippen molar-refractivity contribution in [2.45, 2.75) is 37.1 Å². The number of fused-ring (bicyclic) bond motifs is 1. The molecule has 0 radical (unpaired) electrons. The normalized spacial score (nSPS) is 24.1. The summed E-state index contributed by atoms with van der Waals surface area (Å²) in [5.41, 5.74) is 0.0148. The highest BCUT2D eigenvalue weighted by molar-refractivity contribution is 5.84. The lowest BCUT2D eigenvalue weighted by atomic mass is 10.1. The third-order valence-corrected chi connectivity index (χ3v) is 5.32. The molecule has 2 aromatic carbocycles. The molecule has 2 aliphatic heterocycles. The lowest BCUT2D eigenvalue weighted by Crippen LogP contribution is -2.48. The van der Waals surface area contributed by atoms with Gasteiger partial charge in [0.05, 0.1) is 24.8 Å². The zero-order valence-corrected chi connectivity index (χ0v) is 17.3. The van der Waals surface area contributed by atoms with E-state index in [1.54, 1.807) is 0 Å². The molecule has 2 saturated heterocycles. The van der Waals surface area contributed by atoms with Crippen molar-refractivity contribution in [3.63, 3.8) is 0 Å². The van der Waals surface area contributed by atoms with Crippen molar-refractivity contribution in [3.05, 3.63) is 65.7 Å². The predicted molar refractivity (Wildman–Crippen MR) is 110 cm³/mol. The first kappa shape index (κ1) is 22.9. The summed E-state index contributed by atoms with van der Waals surface area (Å²) in [5.74, 6) is 0. The summed E-state index contributed by atoms with van der Waals surface area (Å²) in [6, 6.07) is 12.8. The topological polar surface area (TPSA) is 97.9 Å². The van der Waals surface area contributed by atoms with Gasteiger partial charge in [0.25, 0.3) is 0 Å². The zero-order valence-electron chi connectivity index (χ0n) is 17.3. The van der Waals surface area contributed by atoms with Crippen LogP contribution in [0, 0.1) is 0 Å². The van der Waals surface area contributed by atoms with Gasteiger partial charge in [-0.2, -0.15) is 13.2 Å². The van der Waals surface area contributed by atoms with Crippen molar-refractivity contribution in [2.24, 2.45) is 0 Å². The van der Waals surface area contributed by atoms with Crippen molar-refractivity contribution in [3.8, 4) is 0 Å². The monoisotopic (exact) mass is 465 g/mol. The molecule has 8 nitrogen and oxygen atoms in total. The summed E-state index contributed by atoms with van der Waals surface area (Å²) >= 11 is 0. The molecule has 0 bridgehead atoms. The fourth-order valence-corrected chi connectivity index (χ4v) is 3.74. The Balaban J connectivity index is 1.26. The standard InChI is InChI=1S/C22H22F3N3O5/c23-22(24,25)14-7-4-8-15(9-14)27-21(30)33-17-12-32-18-16(11-31-19(17)18)28-20(29)26-10-13-5-2-1-3-6-13/h1-9,16-19H,10-12H2,(H,27,30)(H2,26,28,29)/t16-,17+,18+,19+/m0/s1. The van der Waals surface area contributed by atoms with Crippen LogP contribution in [0.25, 0.3) is 0 Å². The molecule has 3 amide bonds. The molecule has 0 spiro atoms. The number of halogens is 3. The van der Waals surface area contributed by atoms with Crippen LogP contribution in [0.3, 0.4) is 0 Å². The Morgan fingerprint density at radius 2 is 1.76 bits per heavy atom. The minimum Gasteiger partial charge on any atom is -0.441 e. The average molecular weight is 465 g/mol. The summed E-state index contributed by atoms with van der Waals surface area (Å²) in [6.07, 6.45) is -7.33. The molecule has 11 heteroatoms. The van der Waals surface area contributed by atoms with E-state index in [1.165, 1.54) is 12.1 Å². The van der Waals surface area contributed by atoms with Crippen molar-refractivity contribution in [1.82, 2.24) is 10.6 Å². The number of alkyl halides is 3. The SMILES string of the molecule is O=C(NCc1ccccc1)N[C@H]1CO[C@H]2[C@@H]1OC[C@H]2OC(=O)Nc1cccc(C(F)(F)F)c1. The molecular formula is C22H22F3N3O5. The number of benzene rings is 2. The van der Waals surface area contributed by atoms with Gasteiger partial charge in [0.15, 0.2) is 6.10 Å². The highest BCUT2D eigenvalue weighted by Crippen LogP contribution is 2.31. The Hall–Kier alpha value is -3.31. The average Bonchev–Trinajstić information content (AvgIpc) is 3.36. The van der Waals surface area contributed by atoms with Crippen LogP contribution < -0.4 is 16.0 Å². The first-order chi connectivity index (χ1) is 15.8. The molecule has 3 N–H and O–H groups in total. The van der Waals surface area contributed by atoms with Gasteiger partial charge in [0.1, 0.15) is 12.2 Å². The molecule has 33 heavy (non-hydrogen) atoms. The van der Waals surface area contributed by atoms with Gasteiger partial charge in [0, 0.05) is 12.2 Å². The summed E-state index contributed by atoms with van der Waals surface area (Å²) in [7, 11) is 0. The largest absolute Gasteiger partial charge is 0.441 e. The molecule has 176 valence electrons. The van der Waals surface area contributed by atoms with E-state index < -0.39 is 42.2 Å². The molecule has 0 aliphatic carbocycles. The second-order valence-corrected chi connectivity index (χ2v) is 7.66. The van der Waals surface area contributed by atoms with E-state index in [4.69, 9.17) is 14.2 Å². The number of amides is 3. The van der Waals surface area contributed by atoms with Gasteiger partial charge in [-0.05, 0) is 23.8 Å². The number of carbonyl (C=O) groups excluding carboxylic acids is 2. The summed E-state index contributed by atoms with van der Waals surface area (Å²) in [4.78, 5) is 24.4. The maximum Gasteiger partial charge on any atom is 0.416 e. The maximum absolute atomic E-state index is 12.8. The van der Waals surface area contributed by atoms with E-state index in [2.05, 4.69) is 16.0 Å². The van der Waals surface area contributed by atoms with Crippen LogP contribution in [0.1, 0.15) is 11.1 Å². The van der Waals surface area contributed by atoms with Gasteiger partial charge < -0.3 is 24.8 Å². The highest BCUT2D eigenvalue weighted by atomic mass is 19.4. The van der Waals surface area contributed by atoms with Crippen LogP contribution in [0.5, 0.6) is 0 Å². The number of nitrogens with one attached hydrogen (secondary N) is 3. The third kappa shape index (κ3) is 5.74. The summed E-state index contributed by atoms with van der Waals surface area (Å²) in [6.45, 7) is 0.564. The Kier molecular flexibility index (Phi) is 6.70. The van der Waals surface area contributed by atoms with E-state index in [1.807, 2.05) is 30.3 Å². The van der Waals surface area contributed by atoms with Crippen LogP contribution in [0.2, 0.25) is 0 Å². The molecule has 2 heterocycles. The minimum absolute atomic E-state index is 0.0369. The first-order valence-corrected chi connectivity index (χ1v) is 10.3. The van der Waals surface area contributed by atoms with Crippen LogP contribution in [0.15, 0.2) is 54.6 Å². The minimum atomic E-state index is -4.53. The first-order valence-electron chi connectivity index (χ1n) is 10.3. The Morgan fingerprint density at radius 1 is 1.00 bits per heavy atom. The second kappa shape index (κ2) is 9.67. The number of hydrogen-bond acceptors (Lipinski definition) is 5. The van der Waals surface area contributed by atoms with Crippen LogP contribution in [-0.4, -0.2) is 49.7 Å². The van der Waals surface area contributed by atoms with E-state index in [0.29, 0.717) is 6.54 Å². The predicted octanol–water partition coefficient (Wildman–Crippen LogP) is 3.29. The maximum atomic E-state index is 12.8. The zero-order chi connectivity index (χ0) is 23.4. The van der Waals surface area contributed by atoms with Crippen LogP contribution in [0.4, 0.5) is 28.4 Å². The van der Waals surface area contributed by atoms with E-state index in [0.717, 1.165) is 17.7 Å². The molecule has 0 saturated carbocycles. The molecule has 2 aromatic rings. The highest BCUT2D eigenvalue weighted by Gasteiger charge is 2.50. The Labute approximate surface area is 187 Å². The van der Waals surface area contributed by atoms with E-state index in [-0.39, 0.29) is 24.9 Å². The van der Waals surface area contributed by atoms with Crippen LogP contribution in [-0.2, 0) is 26.9 Å². The van der Waals surface area contributed by atoms with Gasteiger partial charge >= 0.3 is 18.3 Å². The number of anilines is 1.